The van der Waals surface area contributed by atoms with Crippen LogP contribution in [0.5, 0.6) is 5.75 Å². The smallest absolute Gasteiger partial charge is 0.141 e. The second-order valence-electron chi connectivity index (χ2n) is 4.53. The van der Waals surface area contributed by atoms with Gasteiger partial charge in [0.1, 0.15) is 5.75 Å². The number of hydrogen-bond acceptors (Lipinski definition) is 2. The Labute approximate surface area is 94.4 Å². The highest BCUT2D eigenvalue weighted by atomic mass is 35.5. The van der Waals surface area contributed by atoms with Gasteiger partial charge in [0.05, 0.1) is 11.6 Å². The molecule has 1 heterocycles. The van der Waals surface area contributed by atoms with Crippen molar-refractivity contribution >= 4 is 11.6 Å². The molecule has 0 aromatic heterocycles. The monoisotopic (exact) mass is 223 g/mol. The standard InChI is InChI=1S/C12H14ClNO/c13-10-6-9(12(7-14)2-3-12)5-8-1-4-15-11(8)10/h5-6H,1-4,7,14H2. The third-order valence-corrected chi connectivity index (χ3v) is 3.88. The largest absolute Gasteiger partial charge is 0.491 e. The molecule has 0 amide bonds. The van der Waals surface area contributed by atoms with Crippen LogP contribution < -0.4 is 10.5 Å². The first-order valence-corrected chi connectivity index (χ1v) is 5.79. The average molecular weight is 224 g/mol. The van der Waals surface area contributed by atoms with Crippen LogP contribution in [0.2, 0.25) is 5.02 Å². The van der Waals surface area contributed by atoms with E-state index >= 15 is 0 Å². The lowest BCUT2D eigenvalue weighted by atomic mass is 9.94. The van der Waals surface area contributed by atoms with Crippen molar-refractivity contribution in [1.82, 2.24) is 0 Å². The van der Waals surface area contributed by atoms with Crippen LogP contribution in [0.15, 0.2) is 12.1 Å². The van der Waals surface area contributed by atoms with Crippen molar-refractivity contribution in [3.8, 4) is 5.75 Å². The third-order valence-electron chi connectivity index (χ3n) is 3.59. The van der Waals surface area contributed by atoms with Crippen molar-refractivity contribution in [3.05, 3.63) is 28.3 Å². The van der Waals surface area contributed by atoms with E-state index in [0.29, 0.717) is 0 Å². The molecule has 0 spiro atoms. The molecule has 2 aliphatic rings. The fraction of sp³-hybridized carbons (Fsp3) is 0.500. The van der Waals surface area contributed by atoms with Crippen LogP contribution in [0.1, 0.15) is 24.0 Å². The highest BCUT2D eigenvalue weighted by Crippen LogP contribution is 2.49. The summed E-state index contributed by atoms with van der Waals surface area (Å²) in [6.07, 6.45) is 3.36. The van der Waals surface area contributed by atoms with Crippen molar-refractivity contribution in [1.29, 1.82) is 0 Å². The Morgan fingerprint density at radius 1 is 1.40 bits per heavy atom. The van der Waals surface area contributed by atoms with Crippen LogP contribution >= 0.6 is 11.6 Å². The lowest BCUT2D eigenvalue weighted by Gasteiger charge is -2.14. The number of rotatable bonds is 2. The number of benzene rings is 1. The first-order chi connectivity index (χ1) is 7.25. The maximum absolute atomic E-state index is 6.20. The summed E-state index contributed by atoms with van der Waals surface area (Å²) in [4.78, 5) is 0. The lowest BCUT2D eigenvalue weighted by molar-refractivity contribution is 0.357. The number of halogens is 1. The maximum Gasteiger partial charge on any atom is 0.141 e. The highest BCUT2D eigenvalue weighted by Gasteiger charge is 2.43. The molecule has 80 valence electrons. The van der Waals surface area contributed by atoms with Gasteiger partial charge in [-0.2, -0.15) is 0 Å². The first kappa shape index (κ1) is 9.49. The van der Waals surface area contributed by atoms with Crippen molar-refractivity contribution in [3.63, 3.8) is 0 Å². The van der Waals surface area contributed by atoms with E-state index < -0.39 is 0 Å². The Morgan fingerprint density at radius 2 is 2.20 bits per heavy atom. The van der Waals surface area contributed by atoms with E-state index in [1.807, 2.05) is 6.07 Å². The molecule has 1 saturated carbocycles. The number of ether oxygens (including phenoxy) is 1. The minimum atomic E-state index is 0.223. The van der Waals surface area contributed by atoms with Gasteiger partial charge in [0.2, 0.25) is 0 Å². The van der Waals surface area contributed by atoms with Crippen LogP contribution in [0.4, 0.5) is 0 Å². The molecular formula is C12H14ClNO. The van der Waals surface area contributed by atoms with Crippen LogP contribution in [0.3, 0.4) is 0 Å². The molecule has 0 radical (unpaired) electrons. The van der Waals surface area contributed by atoms with E-state index in [4.69, 9.17) is 22.1 Å². The number of fused-ring (bicyclic) bond motifs is 1. The van der Waals surface area contributed by atoms with Gasteiger partial charge in [-0.25, -0.2) is 0 Å². The van der Waals surface area contributed by atoms with Crippen LogP contribution in [0, 0.1) is 0 Å². The van der Waals surface area contributed by atoms with Gasteiger partial charge < -0.3 is 10.5 Å². The molecule has 3 heteroatoms. The topological polar surface area (TPSA) is 35.2 Å². The molecule has 1 aromatic rings. The first-order valence-electron chi connectivity index (χ1n) is 5.41. The Morgan fingerprint density at radius 3 is 2.87 bits per heavy atom. The SMILES string of the molecule is NCC1(c2cc(Cl)c3c(c2)CCO3)CC1. The zero-order valence-corrected chi connectivity index (χ0v) is 9.31. The molecule has 0 atom stereocenters. The van der Waals surface area contributed by atoms with Gasteiger partial charge in [0.15, 0.2) is 0 Å². The van der Waals surface area contributed by atoms with Crippen molar-refractivity contribution in [2.75, 3.05) is 13.2 Å². The highest BCUT2D eigenvalue weighted by molar-refractivity contribution is 6.32. The minimum Gasteiger partial charge on any atom is -0.491 e. The zero-order chi connectivity index (χ0) is 10.5. The summed E-state index contributed by atoms with van der Waals surface area (Å²) in [6, 6.07) is 4.26. The fourth-order valence-electron chi connectivity index (χ4n) is 2.33. The van der Waals surface area contributed by atoms with E-state index in [2.05, 4.69) is 6.07 Å². The van der Waals surface area contributed by atoms with E-state index in [1.54, 1.807) is 0 Å². The molecule has 2 N–H and O–H groups in total. The quantitative estimate of drug-likeness (QED) is 0.835. The molecule has 1 aromatic carbocycles. The summed E-state index contributed by atoms with van der Waals surface area (Å²) in [5, 5.41) is 0.750. The van der Waals surface area contributed by atoms with Crippen LogP contribution in [-0.2, 0) is 11.8 Å². The second-order valence-corrected chi connectivity index (χ2v) is 4.94. The summed E-state index contributed by atoms with van der Waals surface area (Å²) < 4.78 is 5.49. The molecular weight excluding hydrogens is 210 g/mol. The van der Waals surface area contributed by atoms with Gasteiger partial charge in [0.25, 0.3) is 0 Å². The van der Waals surface area contributed by atoms with E-state index in [-0.39, 0.29) is 5.41 Å². The van der Waals surface area contributed by atoms with Crippen molar-refractivity contribution in [2.24, 2.45) is 5.73 Å². The molecule has 0 saturated heterocycles. The number of nitrogens with two attached hydrogens (primary N) is 1. The third kappa shape index (κ3) is 1.35. The normalized spacial score (nSPS) is 20.9. The molecule has 0 unspecified atom stereocenters. The Bertz CT molecular complexity index is 412. The Kier molecular flexibility index (Phi) is 1.98. The van der Waals surface area contributed by atoms with E-state index in [0.717, 1.165) is 30.3 Å². The summed E-state index contributed by atoms with van der Waals surface area (Å²) >= 11 is 6.20. The summed E-state index contributed by atoms with van der Waals surface area (Å²) in [6.45, 7) is 1.48. The van der Waals surface area contributed by atoms with Gasteiger partial charge in [-0.15, -0.1) is 0 Å². The van der Waals surface area contributed by atoms with Crippen molar-refractivity contribution < 1.29 is 4.74 Å². The van der Waals surface area contributed by atoms with Crippen molar-refractivity contribution in [2.45, 2.75) is 24.7 Å². The van der Waals surface area contributed by atoms with Gasteiger partial charge in [0, 0.05) is 18.4 Å². The molecule has 1 aliphatic carbocycles. The van der Waals surface area contributed by atoms with E-state index in [1.165, 1.54) is 24.0 Å². The van der Waals surface area contributed by atoms with Crippen LogP contribution in [0.25, 0.3) is 0 Å². The average Bonchev–Trinajstić information content (AvgIpc) is 2.90. The maximum atomic E-state index is 6.20. The summed E-state index contributed by atoms with van der Waals surface area (Å²) in [5.41, 5.74) is 8.60. The van der Waals surface area contributed by atoms with Gasteiger partial charge in [-0.3, -0.25) is 0 Å². The molecule has 0 bridgehead atoms. The Balaban J connectivity index is 2.08. The zero-order valence-electron chi connectivity index (χ0n) is 8.55. The molecule has 3 rings (SSSR count). The predicted molar refractivity (Wildman–Crippen MR) is 60.6 cm³/mol. The predicted octanol–water partition coefficient (Wildman–Crippen LogP) is 2.27. The lowest BCUT2D eigenvalue weighted by Crippen LogP contribution is -2.19. The second kappa shape index (κ2) is 3.13. The molecule has 15 heavy (non-hydrogen) atoms. The fourth-order valence-corrected chi connectivity index (χ4v) is 2.62. The minimum absolute atomic E-state index is 0.223. The van der Waals surface area contributed by atoms with Gasteiger partial charge in [-0.05, 0) is 30.0 Å². The van der Waals surface area contributed by atoms with Gasteiger partial charge >= 0.3 is 0 Å². The molecule has 1 aliphatic heterocycles. The summed E-state index contributed by atoms with van der Waals surface area (Å²) in [7, 11) is 0. The van der Waals surface area contributed by atoms with Crippen LogP contribution in [-0.4, -0.2) is 13.2 Å². The van der Waals surface area contributed by atoms with Gasteiger partial charge in [-0.1, -0.05) is 17.7 Å². The van der Waals surface area contributed by atoms with E-state index in [9.17, 15) is 0 Å². The Hall–Kier alpha value is -0.730. The number of hydrogen-bond donors (Lipinski definition) is 1. The summed E-state index contributed by atoms with van der Waals surface area (Å²) in [5.74, 6) is 0.883. The molecule has 2 nitrogen and oxygen atoms in total. The molecule has 1 fully saturated rings.